The molecule has 1 aliphatic heterocycles. The van der Waals surface area contributed by atoms with Gasteiger partial charge in [-0.25, -0.2) is 0 Å². The Morgan fingerprint density at radius 2 is 1.71 bits per heavy atom. The summed E-state index contributed by atoms with van der Waals surface area (Å²) < 4.78 is 0. The van der Waals surface area contributed by atoms with Gasteiger partial charge >= 0.3 is 0 Å². The van der Waals surface area contributed by atoms with Crippen LogP contribution in [0.1, 0.15) is 48.3 Å². The third-order valence-corrected chi connectivity index (χ3v) is 5.85. The number of hydrogen-bond donors (Lipinski definition) is 1. The van der Waals surface area contributed by atoms with E-state index in [0.717, 1.165) is 54.1 Å². The Kier molecular flexibility index (Phi) is 6.17. The zero-order valence-electron chi connectivity index (χ0n) is 18.2. The molecule has 4 rings (SSSR count). The van der Waals surface area contributed by atoms with Crippen molar-refractivity contribution in [3.05, 3.63) is 89.7 Å². The van der Waals surface area contributed by atoms with Crippen molar-refractivity contribution in [3.63, 3.8) is 0 Å². The largest absolute Gasteiger partial charge is 0.356 e. The first-order valence-corrected chi connectivity index (χ1v) is 10.8. The van der Waals surface area contributed by atoms with Crippen molar-refractivity contribution >= 4 is 29.4 Å². The van der Waals surface area contributed by atoms with Crippen LogP contribution in [0.3, 0.4) is 0 Å². The molecule has 1 amide bonds. The van der Waals surface area contributed by atoms with E-state index >= 15 is 0 Å². The number of likely N-dealkylation sites (tertiary alicyclic amines) is 1. The fourth-order valence-corrected chi connectivity index (χ4v) is 3.73. The van der Waals surface area contributed by atoms with Crippen molar-refractivity contribution in [3.8, 4) is 0 Å². The fourth-order valence-electron chi connectivity index (χ4n) is 3.73. The lowest BCUT2D eigenvalue weighted by Crippen LogP contribution is -2.41. The van der Waals surface area contributed by atoms with E-state index in [9.17, 15) is 4.79 Å². The molecular weight excluding hydrogens is 382 g/mol. The molecule has 0 bridgehead atoms. The second-order valence-electron chi connectivity index (χ2n) is 8.87. The molecule has 1 fully saturated rings. The van der Waals surface area contributed by atoms with Crippen molar-refractivity contribution in [2.45, 2.75) is 26.7 Å². The summed E-state index contributed by atoms with van der Waals surface area (Å²) in [5.74, 6) is 0.120. The highest BCUT2D eigenvalue weighted by Gasteiger charge is 2.28. The molecule has 1 aromatic heterocycles. The molecule has 4 heteroatoms. The quantitative estimate of drug-likeness (QED) is 0.539. The van der Waals surface area contributed by atoms with Crippen LogP contribution in [0, 0.1) is 5.41 Å². The molecule has 31 heavy (non-hydrogen) atoms. The first-order chi connectivity index (χ1) is 15.0. The third-order valence-electron chi connectivity index (χ3n) is 5.85. The Hall–Kier alpha value is -3.40. The lowest BCUT2D eigenvalue weighted by Gasteiger charge is -2.37. The molecule has 0 radical (unpaired) electrons. The number of nitrogens with zero attached hydrogens (tertiary/aromatic N) is 2. The van der Waals surface area contributed by atoms with E-state index in [2.05, 4.69) is 36.3 Å². The number of anilines is 2. The molecule has 4 nitrogen and oxygen atoms in total. The van der Waals surface area contributed by atoms with Crippen molar-refractivity contribution in [2.24, 2.45) is 5.41 Å². The number of benzene rings is 2. The van der Waals surface area contributed by atoms with Gasteiger partial charge in [0.2, 0.25) is 0 Å². The Bertz CT molecular complexity index is 1050. The summed E-state index contributed by atoms with van der Waals surface area (Å²) in [4.78, 5) is 19.2. The topological polar surface area (TPSA) is 45.2 Å². The van der Waals surface area contributed by atoms with E-state index in [1.54, 1.807) is 6.20 Å². The third kappa shape index (κ3) is 5.60. The molecule has 2 aromatic carbocycles. The van der Waals surface area contributed by atoms with E-state index in [4.69, 9.17) is 0 Å². The number of nitrogens with one attached hydrogen (secondary N) is 1. The number of amides is 1. The summed E-state index contributed by atoms with van der Waals surface area (Å²) in [5.41, 5.74) is 5.01. The predicted octanol–water partition coefficient (Wildman–Crippen LogP) is 6.26. The van der Waals surface area contributed by atoms with Gasteiger partial charge in [0.1, 0.15) is 0 Å². The van der Waals surface area contributed by atoms with Gasteiger partial charge in [0.15, 0.2) is 0 Å². The summed E-state index contributed by atoms with van der Waals surface area (Å²) in [6.45, 7) is 6.21. The highest BCUT2D eigenvalue weighted by Crippen LogP contribution is 2.30. The van der Waals surface area contributed by atoms with E-state index in [1.807, 2.05) is 71.6 Å². The van der Waals surface area contributed by atoms with Crippen molar-refractivity contribution in [1.82, 2.24) is 9.88 Å². The fraction of sp³-hybridized carbons (Fsp3) is 0.259. The van der Waals surface area contributed by atoms with Crippen LogP contribution in [-0.4, -0.2) is 28.9 Å². The normalized spacial score (nSPS) is 15.7. The highest BCUT2D eigenvalue weighted by atomic mass is 16.2. The maximum Gasteiger partial charge on any atom is 0.253 e. The van der Waals surface area contributed by atoms with E-state index < -0.39 is 0 Å². The highest BCUT2D eigenvalue weighted by molar-refractivity contribution is 5.95. The van der Waals surface area contributed by atoms with Gasteiger partial charge in [-0.15, -0.1) is 0 Å². The first kappa shape index (κ1) is 20.9. The minimum atomic E-state index is 0.120. The van der Waals surface area contributed by atoms with Gasteiger partial charge in [-0.05, 0) is 72.4 Å². The van der Waals surface area contributed by atoms with E-state index in [1.165, 1.54) is 0 Å². The lowest BCUT2D eigenvalue weighted by molar-refractivity contribution is 0.0630. The Balaban J connectivity index is 1.39. The number of carbonyl (C=O) groups is 1. The number of piperidine rings is 1. The minimum absolute atomic E-state index is 0.120. The molecule has 3 aromatic rings. The van der Waals surface area contributed by atoms with E-state index in [-0.39, 0.29) is 5.91 Å². The standard InChI is InChI=1S/C27H29N3O/c1-27(2)15-18-30(19-16-27)26(31)22-6-5-8-25(20-22)29-24-13-10-21(11-14-24)9-12-23-7-3-4-17-28-23/h3-14,17,20,29H,15-16,18-19H2,1-2H3/b12-9+. The average molecular weight is 412 g/mol. The van der Waals surface area contributed by atoms with Crippen molar-refractivity contribution in [1.29, 1.82) is 0 Å². The lowest BCUT2D eigenvalue weighted by atomic mass is 9.82. The van der Waals surface area contributed by atoms with Crippen LogP contribution in [0.5, 0.6) is 0 Å². The zero-order chi connectivity index (χ0) is 21.7. The Labute approximate surface area is 184 Å². The molecule has 1 aliphatic rings. The molecule has 0 unspecified atom stereocenters. The molecular formula is C27H29N3O. The molecule has 1 saturated heterocycles. The van der Waals surface area contributed by atoms with E-state index in [0.29, 0.717) is 5.41 Å². The smallest absolute Gasteiger partial charge is 0.253 e. The van der Waals surface area contributed by atoms with Gasteiger partial charge < -0.3 is 10.2 Å². The van der Waals surface area contributed by atoms with Gasteiger partial charge in [0.25, 0.3) is 5.91 Å². The summed E-state index contributed by atoms with van der Waals surface area (Å²) in [7, 11) is 0. The van der Waals surface area contributed by atoms with Crippen LogP contribution in [0.4, 0.5) is 11.4 Å². The van der Waals surface area contributed by atoms with Crippen LogP contribution in [0.15, 0.2) is 72.9 Å². The Morgan fingerprint density at radius 1 is 0.935 bits per heavy atom. The van der Waals surface area contributed by atoms with Crippen LogP contribution < -0.4 is 5.32 Å². The number of aromatic nitrogens is 1. The SMILES string of the molecule is CC1(C)CCN(C(=O)c2cccc(Nc3ccc(/C=C/c4ccccn4)cc3)c2)CC1. The second-order valence-corrected chi connectivity index (χ2v) is 8.87. The number of pyridine rings is 1. The summed E-state index contributed by atoms with van der Waals surface area (Å²) in [5, 5.41) is 3.41. The maximum atomic E-state index is 12.9. The van der Waals surface area contributed by atoms with Gasteiger partial charge in [-0.2, -0.15) is 0 Å². The number of hydrogen-bond acceptors (Lipinski definition) is 3. The molecule has 0 spiro atoms. The van der Waals surface area contributed by atoms with Crippen LogP contribution in [0.25, 0.3) is 12.2 Å². The van der Waals surface area contributed by atoms with Gasteiger partial charge in [-0.1, -0.05) is 44.2 Å². The summed E-state index contributed by atoms with van der Waals surface area (Å²) in [6.07, 6.45) is 7.94. The van der Waals surface area contributed by atoms with Gasteiger partial charge in [-0.3, -0.25) is 9.78 Å². The van der Waals surface area contributed by atoms with Gasteiger partial charge in [0.05, 0.1) is 5.69 Å². The zero-order valence-corrected chi connectivity index (χ0v) is 18.2. The molecule has 158 valence electrons. The summed E-state index contributed by atoms with van der Waals surface area (Å²) in [6, 6.07) is 21.8. The monoisotopic (exact) mass is 411 g/mol. The molecule has 0 atom stereocenters. The Morgan fingerprint density at radius 3 is 2.42 bits per heavy atom. The molecule has 1 N–H and O–H groups in total. The molecule has 0 aliphatic carbocycles. The van der Waals surface area contributed by atoms with Crippen LogP contribution in [-0.2, 0) is 0 Å². The minimum Gasteiger partial charge on any atom is -0.356 e. The van der Waals surface area contributed by atoms with Gasteiger partial charge in [0, 0.05) is 36.2 Å². The number of carbonyl (C=O) groups excluding carboxylic acids is 1. The first-order valence-electron chi connectivity index (χ1n) is 10.8. The van der Waals surface area contributed by atoms with Crippen LogP contribution >= 0.6 is 0 Å². The summed E-state index contributed by atoms with van der Waals surface area (Å²) >= 11 is 0. The molecule has 0 saturated carbocycles. The second kappa shape index (κ2) is 9.17. The van der Waals surface area contributed by atoms with Crippen molar-refractivity contribution in [2.75, 3.05) is 18.4 Å². The predicted molar refractivity (Wildman–Crippen MR) is 128 cm³/mol. The maximum absolute atomic E-state index is 12.9. The average Bonchev–Trinajstić information content (AvgIpc) is 2.79. The van der Waals surface area contributed by atoms with Crippen molar-refractivity contribution < 1.29 is 4.79 Å². The van der Waals surface area contributed by atoms with Crippen LogP contribution in [0.2, 0.25) is 0 Å². The number of rotatable bonds is 5. The molecule has 2 heterocycles.